The van der Waals surface area contributed by atoms with Crippen LogP contribution in [0.5, 0.6) is 5.75 Å². The maximum atomic E-state index is 14.3. The van der Waals surface area contributed by atoms with Crippen LogP contribution in [-0.2, 0) is 0 Å². The third-order valence-electron chi connectivity index (χ3n) is 4.37. The Balaban J connectivity index is 1.73. The zero-order valence-electron chi connectivity index (χ0n) is 16.5. The third-order valence-corrected chi connectivity index (χ3v) is 4.37. The first-order valence-electron chi connectivity index (χ1n) is 8.95. The number of aryl methyl sites for hydroxylation is 1. The van der Waals surface area contributed by atoms with Crippen LogP contribution in [0.3, 0.4) is 0 Å². The lowest BCUT2D eigenvalue weighted by Gasteiger charge is -2.17. The first-order chi connectivity index (χ1) is 14.5. The second-order valence-electron chi connectivity index (χ2n) is 6.46. The van der Waals surface area contributed by atoms with Crippen molar-refractivity contribution in [3.05, 3.63) is 53.8 Å². The number of ether oxygens (including phenoxy) is 1. The molecule has 2 heterocycles. The summed E-state index contributed by atoms with van der Waals surface area (Å²) >= 11 is 0. The van der Waals surface area contributed by atoms with Gasteiger partial charge in [0.05, 0.1) is 7.11 Å². The van der Waals surface area contributed by atoms with Crippen LogP contribution in [0, 0.1) is 12.7 Å². The zero-order chi connectivity index (χ0) is 21.3. The fourth-order valence-corrected chi connectivity index (χ4v) is 2.88. The summed E-state index contributed by atoms with van der Waals surface area (Å²) in [5, 5.41) is 3.87. The average Bonchev–Trinajstić information content (AvgIpc) is 3.22. The van der Waals surface area contributed by atoms with E-state index in [1.807, 2.05) is 31.2 Å². The molecule has 0 radical (unpaired) electrons. The van der Waals surface area contributed by atoms with Gasteiger partial charge in [-0.25, -0.2) is 4.39 Å². The fourth-order valence-electron chi connectivity index (χ4n) is 2.88. The molecule has 0 saturated heterocycles. The summed E-state index contributed by atoms with van der Waals surface area (Å²) in [4.78, 5) is 18.7. The molecule has 2 N–H and O–H groups in total. The molecule has 0 fully saturated rings. The van der Waals surface area contributed by atoms with Crippen molar-refractivity contribution in [1.29, 1.82) is 0 Å². The monoisotopic (exact) mass is 407 g/mol. The highest BCUT2D eigenvalue weighted by molar-refractivity contribution is 5.65. The number of methoxy groups -OCH3 is 1. The summed E-state index contributed by atoms with van der Waals surface area (Å²) in [7, 11) is 3.23. The summed E-state index contributed by atoms with van der Waals surface area (Å²) in [5.74, 6) is 0.0835. The quantitative estimate of drug-likeness (QED) is 0.531. The van der Waals surface area contributed by atoms with Gasteiger partial charge in [0.15, 0.2) is 0 Å². The Morgan fingerprint density at radius 3 is 2.60 bits per heavy atom. The van der Waals surface area contributed by atoms with E-state index in [0.29, 0.717) is 5.95 Å². The van der Waals surface area contributed by atoms with E-state index >= 15 is 0 Å². The van der Waals surface area contributed by atoms with Gasteiger partial charge in [0.1, 0.15) is 17.1 Å². The van der Waals surface area contributed by atoms with Gasteiger partial charge < -0.3 is 19.9 Å². The Morgan fingerprint density at radius 1 is 1.03 bits per heavy atom. The Kier molecular flexibility index (Phi) is 4.97. The number of nitrogens with zero attached hydrogens (tertiary/aromatic N) is 6. The van der Waals surface area contributed by atoms with Gasteiger partial charge in [0, 0.05) is 12.7 Å². The predicted molar refractivity (Wildman–Crippen MR) is 109 cm³/mol. The number of aromatic nitrogens is 5. The zero-order valence-corrected chi connectivity index (χ0v) is 16.5. The average molecular weight is 407 g/mol. The molecule has 0 aliphatic rings. The lowest BCUT2D eigenvalue weighted by atomic mass is 10.2. The maximum absolute atomic E-state index is 14.3. The lowest BCUT2D eigenvalue weighted by Crippen LogP contribution is -2.15. The van der Waals surface area contributed by atoms with Gasteiger partial charge in [-0.1, -0.05) is 23.4 Å². The fraction of sp³-hybridized carbons (Fsp3) is 0.150. The highest BCUT2D eigenvalue weighted by Crippen LogP contribution is 2.32. The molecule has 152 valence electrons. The Labute approximate surface area is 171 Å². The molecule has 4 rings (SSSR count). The minimum absolute atomic E-state index is 0.00988. The van der Waals surface area contributed by atoms with Crippen LogP contribution in [-0.4, -0.2) is 39.3 Å². The maximum Gasteiger partial charge on any atom is 0.265 e. The summed E-state index contributed by atoms with van der Waals surface area (Å²) in [6.45, 7) is 1.99. The van der Waals surface area contributed by atoms with Crippen molar-refractivity contribution in [2.24, 2.45) is 0 Å². The van der Waals surface area contributed by atoms with Crippen molar-refractivity contribution in [3.63, 3.8) is 0 Å². The smallest absolute Gasteiger partial charge is 0.265 e. The second-order valence-corrected chi connectivity index (χ2v) is 6.46. The second kappa shape index (κ2) is 7.74. The summed E-state index contributed by atoms with van der Waals surface area (Å²) in [5.41, 5.74) is 7.89. The lowest BCUT2D eigenvalue weighted by molar-refractivity contribution is 0.401. The van der Waals surface area contributed by atoms with E-state index in [1.165, 1.54) is 19.2 Å². The highest BCUT2D eigenvalue weighted by Gasteiger charge is 2.21. The van der Waals surface area contributed by atoms with E-state index in [9.17, 15) is 4.39 Å². The Morgan fingerprint density at radius 2 is 1.83 bits per heavy atom. The topological polar surface area (TPSA) is 116 Å². The SMILES string of the molecule is COc1cccc(F)c1-c1nc(-c2nc(N)nc(N(C)c3cccc(C)c3)n2)no1. The predicted octanol–water partition coefficient (Wildman–Crippen LogP) is 3.39. The number of nitrogens with two attached hydrogens (primary N) is 1. The molecule has 0 spiro atoms. The van der Waals surface area contributed by atoms with E-state index in [0.717, 1.165) is 11.3 Å². The van der Waals surface area contributed by atoms with E-state index in [4.69, 9.17) is 15.0 Å². The van der Waals surface area contributed by atoms with Crippen molar-refractivity contribution in [2.45, 2.75) is 6.92 Å². The largest absolute Gasteiger partial charge is 0.496 e. The van der Waals surface area contributed by atoms with Gasteiger partial charge >= 0.3 is 0 Å². The van der Waals surface area contributed by atoms with Crippen LogP contribution >= 0.6 is 0 Å². The molecule has 10 heteroatoms. The van der Waals surface area contributed by atoms with E-state index < -0.39 is 5.82 Å². The van der Waals surface area contributed by atoms with Crippen molar-refractivity contribution in [3.8, 4) is 28.9 Å². The Hall–Kier alpha value is -4.08. The van der Waals surface area contributed by atoms with Gasteiger partial charge in [-0.3, -0.25) is 0 Å². The third kappa shape index (κ3) is 3.62. The molecular weight excluding hydrogens is 389 g/mol. The highest BCUT2D eigenvalue weighted by atomic mass is 19.1. The number of anilines is 3. The number of hydrogen-bond donors (Lipinski definition) is 1. The Bertz CT molecular complexity index is 1210. The molecule has 2 aromatic heterocycles. The summed E-state index contributed by atoms with van der Waals surface area (Å²) in [6, 6.07) is 12.2. The molecule has 9 nitrogen and oxygen atoms in total. The van der Waals surface area contributed by atoms with Gasteiger partial charge in [-0.2, -0.15) is 19.9 Å². The summed E-state index contributed by atoms with van der Waals surface area (Å²) < 4.78 is 24.7. The molecule has 2 aromatic carbocycles. The molecule has 0 unspecified atom stereocenters. The summed E-state index contributed by atoms with van der Waals surface area (Å²) in [6.07, 6.45) is 0. The normalized spacial score (nSPS) is 10.8. The standard InChI is InChI=1S/C20H18FN7O2/c1-11-6-4-7-12(10-11)28(2)20-25-16(24-19(22)26-20)17-23-18(30-27-17)15-13(21)8-5-9-14(15)29-3/h4-10H,1-3H3,(H2,22,24,25,26). The van der Waals surface area contributed by atoms with Gasteiger partial charge in [-0.05, 0) is 36.8 Å². The number of nitrogen functional groups attached to an aromatic ring is 1. The molecule has 0 bridgehead atoms. The molecule has 0 aliphatic heterocycles. The number of rotatable bonds is 5. The molecule has 4 aromatic rings. The molecule has 0 saturated carbocycles. The van der Waals surface area contributed by atoms with Crippen LogP contribution in [0.1, 0.15) is 5.56 Å². The van der Waals surface area contributed by atoms with Crippen LogP contribution in [0.15, 0.2) is 47.0 Å². The number of hydrogen-bond acceptors (Lipinski definition) is 9. The minimum Gasteiger partial charge on any atom is -0.496 e. The van der Waals surface area contributed by atoms with Crippen LogP contribution in [0.4, 0.5) is 22.0 Å². The van der Waals surface area contributed by atoms with Crippen molar-refractivity contribution < 1.29 is 13.7 Å². The van der Waals surface area contributed by atoms with E-state index in [-0.39, 0.29) is 34.8 Å². The van der Waals surface area contributed by atoms with E-state index in [2.05, 4.69) is 25.1 Å². The van der Waals surface area contributed by atoms with Crippen molar-refractivity contribution in [1.82, 2.24) is 25.1 Å². The molecular formula is C20H18FN7O2. The number of halogens is 1. The molecule has 0 atom stereocenters. The molecule has 0 aliphatic carbocycles. The van der Waals surface area contributed by atoms with Crippen molar-refractivity contribution in [2.75, 3.05) is 24.8 Å². The van der Waals surface area contributed by atoms with Gasteiger partial charge in [0.2, 0.25) is 23.5 Å². The van der Waals surface area contributed by atoms with Gasteiger partial charge in [-0.15, -0.1) is 0 Å². The van der Waals surface area contributed by atoms with Crippen LogP contribution in [0.25, 0.3) is 23.1 Å². The number of benzene rings is 2. The van der Waals surface area contributed by atoms with Crippen molar-refractivity contribution >= 4 is 17.6 Å². The minimum atomic E-state index is -0.556. The first kappa shape index (κ1) is 19.2. The van der Waals surface area contributed by atoms with Gasteiger partial charge in [0.25, 0.3) is 5.89 Å². The molecule has 0 amide bonds. The van der Waals surface area contributed by atoms with E-state index in [1.54, 1.807) is 18.0 Å². The molecule has 30 heavy (non-hydrogen) atoms. The van der Waals surface area contributed by atoms with Crippen LogP contribution < -0.4 is 15.4 Å². The van der Waals surface area contributed by atoms with Crippen LogP contribution in [0.2, 0.25) is 0 Å². The first-order valence-corrected chi connectivity index (χ1v) is 8.95.